The molecule has 0 aliphatic heterocycles. The Morgan fingerprint density at radius 3 is 2.80 bits per heavy atom. The molecule has 0 aliphatic carbocycles. The van der Waals surface area contributed by atoms with Crippen LogP contribution in [0.25, 0.3) is 0 Å². The van der Waals surface area contributed by atoms with Gasteiger partial charge in [-0.3, -0.25) is 4.79 Å². The van der Waals surface area contributed by atoms with Gasteiger partial charge in [-0.15, -0.1) is 0 Å². The number of ether oxygens (including phenoxy) is 1. The molecule has 1 amide bonds. The Kier molecular flexibility index (Phi) is 6.53. The first-order chi connectivity index (χ1) is 9.47. The first-order valence-electron chi connectivity index (χ1n) is 6.64. The minimum Gasteiger partial charge on any atom is -0.480 e. The zero-order valence-corrected chi connectivity index (χ0v) is 13.5. The third-order valence-electron chi connectivity index (χ3n) is 2.85. The highest BCUT2D eigenvalue weighted by atomic mass is 79.9. The molecule has 2 atom stereocenters. The van der Waals surface area contributed by atoms with Crippen molar-refractivity contribution < 1.29 is 9.53 Å². The first kappa shape index (κ1) is 16.5. The van der Waals surface area contributed by atoms with E-state index in [4.69, 9.17) is 10.00 Å². The summed E-state index contributed by atoms with van der Waals surface area (Å²) in [5.74, 6) is 0.249. The third kappa shape index (κ3) is 4.86. The summed E-state index contributed by atoms with van der Waals surface area (Å²) in [6, 6.07) is 7.31. The van der Waals surface area contributed by atoms with Crippen molar-refractivity contribution in [2.45, 2.75) is 45.8 Å². The van der Waals surface area contributed by atoms with E-state index >= 15 is 0 Å². The Labute approximate surface area is 128 Å². The van der Waals surface area contributed by atoms with Gasteiger partial charge in [-0.2, -0.15) is 5.26 Å². The van der Waals surface area contributed by atoms with Gasteiger partial charge < -0.3 is 10.1 Å². The second-order valence-electron chi connectivity index (χ2n) is 4.71. The molecule has 0 radical (unpaired) electrons. The minimum absolute atomic E-state index is 0.124. The largest absolute Gasteiger partial charge is 0.480 e. The van der Waals surface area contributed by atoms with E-state index in [-0.39, 0.29) is 11.9 Å². The molecule has 108 valence electrons. The fraction of sp³-hybridized carbons (Fsp3) is 0.467. The highest BCUT2D eigenvalue weighted by Gasteiger charge is 2.18. The number of carbonyl (C=O) groups excluding carboxylic acids is 1. The summed E-state index contributed by atoms with van der Waals surface area (Å²) < 4.78 is 6.38. The molecule has 1 aromatic rings. The summed E-state index contributed by atoms with van der Waals surface area (Å²) in [5.41, 5.74) is 0.403. The molecule has 1 rings (SSSR count). The van der Waals surface area contributed by atoms with Crippen LogP contribution in [-0.2, 0) is 4.79 Å². The van der Waals surface area contributed by atoms with Crippen LogP contribution in [0.2, 0.25) is 0 Å². The Hall–Kier alpha value is -1.54. The monoisotopic (exact) mass is 338 g/mol. The maximum Gasteiger partial charge on any atom is 0.260 e. The van der Waals surface area contributed by atoms with Gasteiger partial charge in [-0.25, -0.2) is 0 Å². The number of hydrogen-bond donors (Lipinski definition) is 1. The fourth-order valence-electron chi connectivity index (χ4n) is 1.80. The lowest BCUT2D eigenvalue weighted by Gasteiger charge is -2.18. The quantitative estimate of drug-likeness (QED) is 0.864. The van der Waals surface area contributed by atoms with Gasteiger partial charge in [0.05, 0.1) is 5.56 Å². The Balaban J connectivity index is 2.69. The number of amides is 1. The molecule has 0 saturated carbocycles. The number of benzene rings is 1. The summed E-state index contributed by atoms with van der Waals surface area (Å²) in [5, 5.41) is 12.0. The molecule has 5 heteroatoms. The summed E-state index contributed by atoms with van der Waals surface area (Å²) in [4.78, 5) is 12.0. The summed E-state index contributed by atoms with van der Waals surface area (Å²) in [7, 11) is 0. The van der Waals surface area contributed by atoms with Gasteiger partial charge in [0, 0.05) is 10.5 Å². The molecule has 0 bridgehead atoms. The van der Waals surface area contributed by atoms with Crippen molar-refractivity contribution in [1.82, 2.24) is 5.32 Å². The van der Waals surface area contributed by atoms with Crippen molar-refractivity contribution in [2.24, 2.45) is 0 Å². The second-order valence-corrected chi connectivity index (χ2v) is 5.63. The highest BCUT2D eigenvalue weighted by molar-refractivity contribution is 9.10. The minimum atomic E-state index is -0.636. The standard InChI is InChI=1S/C15H19BrN2O2/c1-4-5-10(2)18-15(19)11(3)20-14-7-6-13(16)8-12(14)9-17/h6-8,10-11H,4-5H2,1-3H3,(H,18,19). The topological polar surface area (TPSA) is 62.1 Å². The van der Waals surface area contributed by atoms with Gasteiger partial charge in [-0.1, -0.05) is 29.3 Å². The second kappa shape index (κ2) is 7.91. The normalized spacial score (nSPS) is 13.2. The number of halogens is 1. The van der Waals surface area contributed by atoms with Crippen molar-refractivity contribution in [1.29, 1.82) is 5.26 Å². The molecule has 0 saturated heterocycles. The third-order valence-corrected chi connectivity index (χ3v) is 3.34. The van der Waals surface area contributed by atoms with Gasteiger partial charge in [0.25, 0.3) is 5.91 Å². The molecule has 2 unspecified atom stereocenters. The van der Waals surface area contributed by atoms with Crippen LogP contribution in [0.15, 0.2) is 22.7 Å². The van der Waals surface area contributed by atoms with Crippen molar-refractivity contribution in [3.8, 4) is 11.8 Å². The number of nitriles is 1. The van der Waals surface area contributed by atoms with E-state index < -0.39 is 6.10 Å². The maximum absolute atomic E-state index is 12.0. The van der Waals surface area contributed by atoms with Gasteiger partial charge in [0.2, 0.25) is 0 Å². The summed E-state index contributed by atoms with van der Waals surface area (Å²) in [6.07, 6.45) is 1.31. The lowest BCUT2D eigenvalue weighted by Crippen LogP contribution is -2.41. The molecular weight excluding hydrogens is 320 g/mol. The van der Waals surface area contributed by atoms with E-state index in [1.807, 2.05) is 6.92 Å². The molecule has 1 N–H and O–H groups in total. The molecule has 0 aromatic heterocycles. The van der Waals surface area contributed by atoms with Crippen LogP contribution in [-0.4, -0.2) is 18.1 Å². The van der Waals surface area contributed by atoms with Crippen LogP contribution in [0, 0.1) is 11.3 Å². The predicted molar refractivity (Wildman–Crippen MR) is 81.5 cm³/mol. The molecule has 0 heterocycles. The summed E-state index contributed by atoms with van der Waals surface area (Å²) >= 11 is 3.30. The van der Waals surface area contributed by atoms with E-state index in [0.717, 1.165) is 17.3 Å². The van der Waals surface area contributed by atoms with Gasteiger partial charge in [0.1, 0.15) is 11.8 Å². The molecule has 20 heavy (non-hydrogen) atoms. The number of carbonyl (C=O) groups is 1. The van der Waals surface area contributed by atoms with E-state index in [1.165, 1.54) is 0 Å². The predicted octanol–water partition coefficient (Wildman–Crippen LogP) is 3.39. The van der Waals surface area contributed by atoms with Crippen LogP contribution < -0.4 is 10.1 Å². The zero-order chi connectivity index (χ0) is 15.1. The van der Waals surface area contributed by atoms with Crippen LogP contribution in [0.4, 0.5) is 0 Å². The van der Waals surface area contributed by atoms with Crippen LogP contribution in [0.3, 0.4) is 0 Å². The van der Waals surface area contributed by atoms with Crippen molar-refractivity contribution in [3.05, 3.63) is 28.2 Å². The highest BCUT2D eigenvalue weighted by Crippen LogP contribution is 2.23. The van der Waals surface area contributed by atoms with Crippen LogP contribution in [0.5, 0.6) is 5.75 Å². The molecule has 4 nitrogen and oxygen atoms in total. The number of hydrogen-bond acceptors (Lipinski definition) is 3. The zero-order valence-electron chi connectivity index (χ0n) is 11.9. The SMILES string of the molecule is CCCC(C)NC(=O)C(C)Oc1ccc(Br)cc1C#N. The van der Waals surface area contributed by atoms with E-state index in [0.29, 0.717) is 11.3 Å². The number of nitrogens with zero attached hydrogens (tertiary/aromatic N) is 1. The average molecular weight is 339 g/mol. The average Bonchev–Trinajstić information content (AvgIpc) is 2.40. The lowest BCUT2D eigenvalue weighted by molar-refractivity contribution is -0.127. The van der Waals surface area contributed by atoms with E-state index in [1.54, 1.807) is 25.1 Å². The molecule has 0 fully saturated rings. The lowest BCUT2D eigenvalue weighted by atomic mass is 10.2. The fourth-order valence-corrected chi connectivity index (χ4v) is 2.16. The van der Waals surface area contributed by atoms with Gasteiger partial charge in [0.15, 0.2) is 6.10 Å². The maximum atomic E-state index is 12.0. The van der Waals surface area contributed by atoms with Gasteiger partial charge >= 0.3 is 0 Å². The van der Waals surface area contributed by atoms with Gasteiger partial charge in [-0.05, 0) is 38.5 Å². The van der Waals surface area contributed by atoms with Crippen molar-refractivity contribution in [3.63, 3.8) is 0 Å². The molecule has 1 aromatic carbocycles. The molecule has 0 spiro atoms. The van der Waals surface area contributed by atoms with Crippen LogP contribution >= 0.6 is 15.9 Å². The van der Waals surface area contributed by atoms with E-state index in [9.17, 15) is 4.79 Å². The summed E-state index contributed by atoms with van der Waals surface area (Å²) in [6.45, 7) is 5.72. The van der Waals surface area contributed by atoms with Crippen LogP contribution in [0.1, 0.15) is 39.2 Å². The first-order valence-corrected chi connectivity index (χ1v) is 7.43. The van der Waals surface area contributed by atoms with Crippen molar-refractivity contribution in [2.75, 3.05) is 0 Å². The Morgan fingerprint density at radius 2 is 2.20 bits per heavy atom. The Bertz CT molecular complexity index is 511. The smallest absolute Gasteiger partial charge is 0.260 e. The van der Waals surface area contributed by atoms with E-state index in [2.05, 4.69) is 34.2 Å². The Morgan fingerprint density at radius 1 is 1.50 bits per heavy atom. The molecule has 0 aliphatic rings. The number of nitrogens with one attached hydrogen (secondary N) is 1. The number of rotatable bonds is 6. The van der Waals surface area contributed by atoms with Crippen molar-refractivity contribution >= 4 is 21.8 Å². The molecular formula is C15H19BrN2O2.